The van der Waals surface area contributed by atoms with Gasteiger partial charge in [-0.15, -0.1) is 0 Å². The number of H-pyrrole nitrogens is 1. The molecule has 1 N–H and O–H groups in total. The number of rotatable bonds is 0. The molecule has 5 nitrogen and oxygen atoms in total. The molecule has 0 atom stereocenters. The highest BCUT2D eigenvalue weighted by Crippen LogP contribution is 2.19. The molecule has 0 saturated carbocycles. The lowest BCUT2D eigenvalue weighted by molar-refractivity contribution is 0.0813. The van der Waals surface area contributed by atoms with Crippen LogP contribution in [0.5, 0.6) is 0 Å². The van der Waals surface area contributed by atoms with E-state index in [0.717, 1.165) is 0 Å². The second kappa shape index (κ2) is 3.06. The lowest BCUT2D eigenvalue weighted by Crippen LogP contribution is -2.34. The summed E-state index contributed by atoms with van der Waals surface area (Å²) in [6.45, 7) is 0.453. The summed E-state index contributed by atoms with van der Waals surface area (Å²) in [5, 5.41) is 0. The van der Waals surface area contributed by atoms with Crippen LogP contribution in [0.3, 0.4) is 0 Å². The van der Waals surface area contributed by atoms with Crippen LogP contribution in [0.25, 0.3) is 0 Å². The van der Waals surface area contributed by atoms with E-state index in [4.69, 9.17) is 12.2 Å². The third-order valence-electron chi connectivity index (χ3n) is 2.24. The molecule has 0 fully saturated rings. The van der Waals surface area contributed by atoms with Crippen molar-refractivity contribution in [1.82, 2.24) is 14.9 Å². The minimum Gasteiger partial charge on any atom is -0.339 e. The molecular formula is C8H10N4OS. The molecule has 74 valence electrons. The van der Waals surface area contributed by atoms with Crippen LogP contribution in [-0.2, 0) is 0 Å². The van der Waals surface area contributed by atoms with E-state index in [-0.39, 0.29) is 5.91 Å². The van der Waals surface area contributed by atoms with E-state index in [0.29, 0.717) is 23.0 Å². The number of carbonyl (C=O) groups is 1. The number of likely N-dealkylation sites (N-methyl/N-ethyl adjacent to an activating group) is 2. The summed E-state index contributed by atoms with van der Waals surface area (Å²) in [6, 6.07) is 0. The maximum atomic E-state index is 11.8. The van der Waals surface area contributed by atoms with Gasteiger partial charge in [-0.05, 0) is 0 Å². The highest BCUT2D eigenvalue weighted by molar-refractivity contribution is 7.80. The van der Waals surface area contributed by atoms with Crippen LogP contribution >= 0.6 is 12.2 Å². The number of hydrogen-bond acceptors (Lipinski definition) is 3. The molecule has 1 aliphatic rings. The zero-order chi connectivity index (χ0) is 10.3. The Kier molecular flexibility index (Phi) is 1.99. The first-order chi connectivity index (χ1) is 6.61. The van der Waals surface area contributed by atoms with Crippen LogP contribution in [-0.4, -0.2) is 46.4 Å². The van der Waals surface area contributed by atoms with Crippen LogP contribution in [0.15, 0.2) is 6.33 Å². The third-order valence-corrected chi connectivity index (χ3v) is 2.65. The van der Waals surface area contributed by atoms with Gasteiger partial charge in [0.05, 0.1) is 12.9 Å². The van der Waals surface area contributed by atoms with E-state index in [2.05, 4.69) is 9.97 Å². The first-order valence-electron chi connectivity index (χ1n) is 4.16. The Hall–Kier alpha value is -1.43. The molecule has 0 aliphatic carbocycles. The minimum atomic E-state index is -0.0794. The standard InChI is InChI=1S/C8H10N4OS/c1-11-3-5(14)12(2)7-6(8(11)13)9-4-10-7/h4H,3H2,1-2H3,(H,9,10). The fraction of sp³-hybridized carbons (Fsp3) is 0.375. The van der Waals surface area contributed by atoms with Crippen LogP contribution in [0.2, 0.25) is 0 Å². The van der Waals surface area contributed by atoms with Gasteiger partial charge in [0.2, 0.25) is 0 Å². The van der Waals surface area contributed by atoms with Gasteiger partial charge < -0.3 is 14.8 Å². The zero-order valence-electron chi connectivity index (χ0n) is 7.94. The Bertz CT molecular complexity index is 400. The van der Waals surface area contributed by atoms with Gasteiger partial charge in [0, 0.05) is 14.1 Å². The number of aromatic amines is 1. The lowest BCUT2D eigenvalue weighted by atomic mass is 10.4. The summed E-state index contributed by atoms with van der Waals surface area (Å²) in [5.74, 6) is 0.522. The van der Waals surface area contributed by atoms with Gasteiger partial charge in [-0.3, -0.25) is 4.79 Å². The molecule has 0 unspecified atom stereocenters. The van der Waals surface area contributed by atoms with Gasteiger partial charge in [0.15, 0.2) is 5.82 Å². The Morgan fingerprint density at radius 2 is 2.29 bits per heavy atom. The van der Waals surface area contributed by atoms with Gasteiger partial charge in [-0.25, -0.2) is 4.98 Å². The van der Waals surface area contributed by atoms with Crippen molar-refractivity contribution in [2.45, 2.75) is 0 Å². The molecule has 0 bridgehead atoms. The van der Waals surface area contributed by atoms with Crippen LogP contribution in [0.4, 0.5) is 5.82 Å². The summed E-state index contributed by atoms with van der Waals surface area (Å²) >= 11 is 5.17. The van der Waals surface area contributed by atoms with Crippen molar-refractivity contribution in [1.29, 1.82) is 0 Å². The lowest BCUT2D eigenvalue weighted by Gasteiger charge is -2.17. The summed E-state index contributed by atoms with van der Waals surface area (Å²) in [6.07, 6.45) is 1.50. The number of fused-ring (bicyclic) bond motifs is 1. The summed E-state index contributed by atoms with van der Waals surface area (Å²) in [5.41, 5.74) is 0.495. The Balaban J connectivity index is 2.54. The molecule has 0 spiro atoms. The molecule has 6 heteroatoms. The maximum Gasteiger partial charge on any atom is 0.274 e. The van der Waals surface area contributed by atoms with Crippen molar-refractivity contribution < 1.29 is 4.79 Å². The number of hydrogen-bond donors (Lipinski definition) is 1. The quantitative estimate of drug-likeness (QED) is 0.624. The molecule has 0 aromatic carbocycles. The first kappa shape index (κ1) is 9.14. The Morgan fingerprint density at radius 1 is 1.57 bits per heavy atom. The normalized spacial score (nSPS) is 17.0. The number of anilines is 1. The zero-order valence-corrected chi connectivity index (χ0v) is 8.76. The maximum absolute atomic E-state index is 11.8. The molecule has 1 aromatic rings. The monoisotopic (exact) mass is 210 g/mol. The molecule has 2 rings (SSSR count). The average molecular weight is 210 g/mol. The van der Waals surface area contributed by atoms with Crippen molar-refractivity contribution in [3.05, 3.63) is 12.0 Å². The van der Waals surface area contributed by atoms with Crippen LogP contribution in [0, 0.1) is 0 Å². The smallest absolute Gasteiger partial charge is 0.274 e. The summed E-state index contributed by atoms with van der Waals surface area (Å²) in [7, 11) is 3.53. The predicted molar refractivity (Wildman–Crippen MR) is 56.5 cm³/mol. The Morgan fingerprint density at radius 3 is 3.00 bits per heavy atom. The molecule has 1 aliphatic heterocycles. The van der Waals surface area contributed by atoms with E-state index in [1.807, 2.05) is 7.05 Å². The molecule has 0 saturated heterocycles. The van der Waals surface area contributed by atoms with Crippen molar-refractivity contribution in [3.63, 3.8) is 0 Å². The highest BCUT2D eigenvalue weighted by atomic mass is 32.1. The highest BCUT2D eigenvalue weighted by Gasteiger charge is 2.27. The Labute approximate surface area is 86.7 Å². The summed E-state index contributed by atoms with van der Waals surface area (Å²) < 4.78 is 0. The number of imidazole rings is 1. The SMILES string of the molecule is CN1CC(=S)N(C)c2nc[nH]c2C1=O. The predicted octanol–water partition coefficient (Wildman–Crippen LogP) is 0.259. The molecular weight excluding hydrogens is 200 g/mol. The van der Waals surface area contributed by atoms with Crippen molar-refractivity contribution in [2.75, 3.05) is 25.5 Å². The van der Waals surface area contributed by atoms with Gasteiger partial charge in [-0.1, -0.05) is 12.2 Å². The van der Waals surface area contributed by atoms with Crippen LogP contribution < -0.4 is 4.90 Å². The summed E-state index contributed by atoms with van der Waals surface area (Å²) in [4.78, 5) is 22.7. The second-order valence-corrected chi connectivity index (χ2v) is 3.69. The molecule has 1 aromatic heterocycles. The van der Waals surface area contributed by atoms with E-state index in [1.54, 1.807) is 16.8 Å². The van der Waals surface area contributed by atoms with Crippen LogP contribution in [0.1, 0.15) is 10.5 Å². The average Bonchev–Trinajstić information content (AvgIpc) is 2.60. The third kappa shape index (κ3) is 1.19. The number of nitrogens with one attached hydrogen (secondary N) is 1. The van der Waals surface area contributed by atoms with Gasteiger partial charge >= 0.3 is 0 Å². The van der Waals surface area contributed by atoms with Gasteiger partial charge in [0.1, 0.15) is 10.7 Å². The van der Waals surface area contributed by atoms with Gasteiger partial charge in [-0.2, -0.15) is 0 Å². The number of thiocarbonyl (C=S) groups is 1. The van der Waals surface area contributed by atoms with Crippen molar-refractivity contribution >= 4 is 28.9 Å². The van der Waals surface area contributed by atoms with Crippen molar-refractivity contribution in [3.8, 4) is 0 Å². The fourth-order valence-electron chi connectivity index (χ4n) is 1.39. The van der Waals surface area contributed by atoms with Gasteiger partial charge in [0.25, 0.3) is 5.91 Å². The molecule has 0 radical (unpaired) electrons. The number of carbonyl (C=O) groups excluding carboxylic acids is 1. The number of nitrogens with zero attached hydrogens (tertiary/aromatic N) is 3. The molecule has 14 heavy (non-hydrogen) atoms. The minimum absolute atomic E-state index is 0.0794. The second-order valence-electron chi connectivity index (χ2n) is 3.22. The van der Waals surface area contributed by atoms with E-state index >= 15 is 0 Å². The molecule has 2 heterocycles. The van der Waals surface area contributed by atoms with E-state index in [1.165, 1.54) is 6.33 Å². The largest absolute Gasteiger partial charge is 0.339 e. The molecule has 1 amide bonds. The topological polar surface area (TPSA) is 52.2 Å². The first-order valence-corrected chi connectivity index (χ1v) is 4.57. The van der Waals surface area contributed by atoms with E-state index in [9.17, 15) is 4.79 Å². The number of amides is 1. The van der Waals surface area contributed by atoms with E-state index < -0.39 is 0 Å². The fourth-order valence-corrected chi connectivity index (χ4v) is 1.67. The number of aromatic nitrogens is 2. The van der Waals surface area contributed by atoms with Crippen molar-refractivity contribution in [2.24, 2.45) is 0 Å².